The van der Waals surface area contributed by atoms with E-state index in [2.05, 4.69) is 29.3 Å². The van der Waals surface area contributed by atoms with Crippen molar-refractivity contribution in [2.45, 2.75) is 19.8 Å². The first-order chi connectivity index (χ1) is 12.6. The summed E-state index contributed by atoms with van der Waals surface area (Å²) in [5, 5.41) is 3.06. The molecule has 0 bridgehead atoms. The Labute approximate surface area is 159 Å². The van der Waals surface area contributed by atoms with Gasteiger partial charge in [-0.3, -0.25) is 0 Å². The number of nitrogens with zero attached hydrogens (tertiary/aromatic N) is 4. The smallest absolute Gasteiger partial charge is 0.282 e. The van der Waals surface area contributed by atoms with Crippen LogP contribution < -0.4 is 4.90 Å². The number of aryl methyl sites for hydroxylation is 1. The van der Waals surface area contributed by atoms with Crippen molar-refractivity contribution in [1.82, 2.24) is 13.6 Å². The Morgan fingerprint density at radius 2 is 1.62 bits per heavy atom. The minimum Gasteiger partial charge on any atom is -0.345 e. The highest BCUT2D eigenvalue weighted by molar-refractivity contribution is 7.86. The topological polar surface area (TPSA) is 56.8 Å². The Bertz CT molecular complexity index is 867. The molecule has 0 atom stereocenters. The van der Waals surface area contributed by atoms with Crippen molar-refractivity contribution in [1.29, 1.82) is 0 Å². The quantitative estimate of drug-likeness (QED) is 0.803. The van der Waals surface area contributed by atoms with Gasteiger partial charge in [0.1, 0.15) is 0 Å². The Hall–Kier alpha value is -1.48. The van der Waals surface area contributed by atoms with Crippen LogP contribution in [0.15, 0.2) is 29.6 Å². The van der Waals surface area contributed by atoms with E-state index in [4.69, 9.17) is 4.98 Å². The molecule has 0 aliphatic carbocycles. The zero-order chi connectivity index (χ0) is 18.1. The van der Waals surface area contributed by atoms with Gasteiger partial charge >= 0.3 is 0 Å². The van der Waals surface area contributed by atoms with Crippen molar-refractivity contribution < 1.29 is 8.42 Å². The normalized spacial score (nSPS) is 20.0. The van der Waals surface area contributed by atoms with Crippen molar-refractivity contribution in [3.05, 3.63) is 35.2 Å². The fraction of sp³-hybridized carbons (Fsp3) is 0.500. The molecule has 0 amide bonds. The van der Waals surface area contributed by atoms with Crippen LogP contribution >= 0.6 is 11.3 Å². The Morgan fingerprint density at radius 3 is 2.31 bits per heavy atom. The Morgan fingerprint density at radius 1 is 0.962 bits per heavy atom. The number of benzene rings is 1. The van der Waals surface area contributed by atoms with Gasteiger partial charge in [0, 0.05) is 50.2 Å². The minimum atomic E-state index is -3.29. The number of rotatable bonds is 4. The summed E-state index contributed by atoms with van der Waals surface area (Å²) in [6.45, 7) is 5.85. The van der Waals surface area contributed by atoms with E-state index in [-0.39, 0.29) is 0 Å². The summed E-state index contributed by atoms with van der Waals surface area (Å²) in [5.74, 6) is 0. The van der Waals surface area contributed by atoms with E-state index in [0.29, 0.717) is 39.3 Å². The molecule has 0 unspecified atom stereocenters. The molecule has 6 nitrogen and oxygen atoms in total. The molecule has 2 fully saturated rings. The van der Waals surface area contributed by atoms with Crippen LogP contribution in [0.4, 0.5) is 5.13 Å². The van der Waals surface area contributed by atoms with Crippen LogP contribution in [0.3, 0.4) is 0 Å². The van der Waals surface area contributed by atoms with Crippen molar-refractivity contribution in [2.24, 2.45) is 0 Å². The predicted molar refractivity (Wildman–Crippen MR) is 106 cm³/mol. The second-order valence-corrected chi connectivity index (χ2v) is 9.60. The van der Waals surface area contributed by atoms with Gasteiger partial charge in [0.2, 0.25) is 0 Å². The zero-order valence-electron chi connectivity index (χ0n) is 15.0. The van der Waals surface area contributed by atoms with Gasteiger partial charge in [0.05, 0.1) is 5.69 Å². The third-order valence-electron chi connectivity index (χ3n) is 5.14. The molecule has 3 heterocycles. The first kappa shape index (κ1) is 17.9. The SMILES string of the molecule is Cc1ccccc1-c1csc(N2CCN(S(=O)(=O)N3CCCC3)CC2)n1. The van der Waals surface area contributed by atoms with E-state index in [9.17, 15) is 8.42 Å². The summed E-state index contributed by atoms with van der Waals surface area (Å²) >= 11 is 1.63. The van der Waals surface area contributed by atoms with Crippen LogP contribution in [0.2, 0.25) is 0 Å². The molecule has 0 saturated carbocycles. The van der Waals surface area contributed by atoms with Crippen LogP contribution in [-0.4, -0.2) is 61.3 Å². The van der Waals surface area contributed by atoms with Gasteiger partial charge in [-0.25, -0.2) is 4.98 Å². The van der Waals surface area contributed by atoms with Gasteiger partial charge < -0.3 is 4.90 Å². The van der Waals surface area contributed by atoms with Gasteiger partial charge in [0.25, 0.3) is 10.2 Å². The Balaban J connectivity index is 1.43. The molecule has 0 spiro atoms. The number of aromatic nitrogens is 1. The summed E-state index contributed by atoms with van der Waals surface area (Å²) in [6, 6.07) is 8.25. The molecule has 8 heteroatoms. The first-order valence-corrected chi connectivity index (χ1v) is 11.3. The highest BCUT2D eigenvalue weighted by atomic mass is 32.2. The van der Waals surface area contributed by atoms with Gasteiger partial charge in [-0.05, 0) is 25.3 Å². The summed E-state index contributed by atoms with van der Waals surface area (Å²) in [7, 11) is -3.29. The van der Waals surface area contributed by atoms with Crippen LogP contribution in [-0.2, 0) is 10.2 Å². The molecule has 1 aromatic heterocycles. The Kier molecular flexibility index (Phi) is 5.00. The van der Waals surface area contributed by atoms with Crippen molar-refractivity contribution in [2.75, 3.05) is 44.2 Å². The predicted octanol–water partition coefficient (Wildman–Crippen LogP) is 2.58. The molecular weight excluding hydrogens is 368 g/mol. The largest absolute Gasteiger partial charge is 0.345 e. The maximum atomic E-state index is 12.7. The minimum absolute atomic E-state index is 0.526. The maximum absolute atomic E-state index is 12.7. The number of hydrogen-bond acceptors (Lipinski definition) is 5. The average molecular weight is 393 g/mol. The molecule has 2 aliphatic rings. The van der Waals surface area contributed by atoms with Crippen molar-refractivity contribution in [3.63, 3.8) is 0 Å². The van der Waals surface area contributed by atoms with Crippen molar-refractivity contribution >= 4 is 26.7 Å². The van der Waals surface area contributed by atoms with Gasteiger partial charge in [-0.1, -0.05) is 24.3 Å². The third-order valence-corrected chi connectivity index (χ3v) is 8.08. The molecule has 26 heavy (non-hydrogen) atoms. The molecule has 4 rings (SSSR count). The summed E-state index contributed by atoms with van der Waals surface area (Å²) < 4.78 is 28.6. The highest BCUT2D eigenvalue weighted by Gasteiger charge is 2.34. The van der Waals surface area contributed by atoms with Gasteiger partial charge in [0.15, 0.2) is 5.13 Å². The third kappa shape index (κ3) is 3.38. The molecule has 0 N–H and O–H groups in total. The number of anilines is 1. The first-order valence-electron chi connectivity index (χ1n) is 9.07. The van der Waals surface area contributed by atoms with Crippen LogP contribution in [0.25, 0.3) is 11.3 Å². The second-order valence-electron chi connectivity index (χ2n) is 6.83. The molecule has 1 aromatic carbocycles. The number of hydrogen-bond donors (Lipinski definition) is 0. The van der Waals surface area contributed by atoms with E-state index >= 15 is 0 Å². The van der Waals surface area contributed by atoms with E-state index in [1.54, 1.807) is 19.9 Å². The number of thiazole rings is 1. The van der Waals surface area contributed by atoms with Gasteiger partial charge in [-0.2, -0.15) is 17.0 Å². The van der Waals surface area contributed by atoms with Crippen LogP contribution in [0.1, 0.15) is 18.4 Å². The van der Waals surface area contributed by atoms with Crippen LogP contribution in [0.5, 0.6) is 0 Å². The molecule has 2 saturated heterocycles. The standard InChI is InChI=1S/C18H24N4O2S2/c1-15-6-2-3-7-16(15)17-14-25-18(19-17)20-10-12-22(13-11-20)26(23,24)21-8-4-5-9-21/h2-3,6-7,14H,4-5,8-13H2,1H3. The fourth-order valence-electron chi connectivity index (χ4n) is 3.59. The van der Waals surface area contributed by atoms with Crippen LogP contribution in [0, 0.1) is 6.92 Å². The van der Waals surface area contributed by atoms with Crippen molar-refractivity contribution in [3.8, 4) is 11.3 Å². The van der Waals surface area contributed by atoms with E-state index < -0.39 is 10.2 Å². The van der Waals surface area contributed by atoms with Gasteiger partial charge in [-0.15, -0.1) is 11.3 Å². The molecule has 2 aliphatic heterocycles. The lowest BCUT2D eigenvalue weighted by Gasteiger charge is -2.35. The fourth-order valence-corrected chi connectivity index (χ4v) is 6.14. The molecular formula is C18H24N4O2S2. The monoisotopic (exact) mass is 392 g/mol. The second kappa shape index (κ2) is 7.26. The summed E-state index contributed by atoms with van der Waals surface area (Å²) in [4.78, 5) is 6.99. The molecule has 2 aromatic rings. The molecule has 0 radical (unpaired) electrons. The highest BCUT2D eigenvalue weighted by Crippen LogP contribution is 2.30. The zero-order valence-corrected chi connectivity index (χ0v) is 16.6. The lowest BCUT2D eigenvalue weighted by atomic mass is 10.1. The molecule has 140 valence electrons. The van der Waals surface area contributed by atoms with E-state index in [1.165, 1.54) is 5.56 Å². The maximum Gasteiger partial charge on any atom is 0.282 e. The lowest BCUT2D eigenvalue weighted by Crippen LogP contribution is -2.52. The number of piperazine rings is 1. The average Bonchev–Trinajstić information content (AvgIpc) is 3.35. The van der Waals surface area contributed by atoms with E-state index in [0.717, 1.165) is 29.2 Å². The lowest BCUT2D eigenvalue weighted by molar-refractivity contribution is 0.343. The van der Waals surface area contributed by atoms with E-state index in [1.807, 2.05) is 12.1 Å². The summed E-state index contributed by atoms with van der Waals surface area (Å²) in [5.41, 5.74) is 3.37. The summed E-state index contributed by atoms with van der Waals surface area (Å²) in [6.07, 6.45) is 1.94.